The second-order valence-electron chi connectivity index (χ2n) is 4.81. The van der Waals surface area contributed by atoms with Crippen LogP contribution in [0.3, 0.4) is 0 Å². The summed E-state index contributed by atoms with van der Waals surface area (Å²) >= 11 is 0. The molecule has 1 fully saturated rings. The Hall–Kier alpha value is -1.59. The second-order valence-corrected chi connectivity index (χ2v) is 4.81. The van der Waals surface area contributed by atoms with Crippen LogP contribution >= 0.6 is 0 Å². The number of carbonyl (C=O) groups excluding carboxylic acids is 1. The zero-order chi connectivity index (χ0) is 13.8. The van der Waals surface area contributed by atoms with Crippen molar-refractivity contribution >= 4 is 5.91 Å². The lowest BCUT2D eigenvalue weighted by atomic mass is 10.0. The molecule has 0 aliphatic carbocycles. The minimum Gasteiger partial charge on any atom is -0.497 e. The van der Waals surface area contributed by atoms with Crippen molar-refractivity contribution in [2.45, 2.75) is 19.0 Å². The summed E-state index contributed by atoms with van der Waals surface area (Å²) in [6, 6.07) is 7.36. The lowest BCUT2D eigenvalue weighted by Gasteiger charge is -2.19. The fraction of sp³-hybridized carbons (Fsp3) is 0.500. The van der Waals surface area contributed by atoms with Gasteiger partial charge in [0, 0.05) is 6.04 Å². The van der Waals surface area contributed by atoms with E-state index in [1.807, 2.05) is 31.2 Å². The van der Waals surface area contributed by atoms with E-state index in [2.05, 4.69) is 5.32 Å². The zero-order valence-electron chi connectivity index (χ0n) is 11.3. The summed E-state index contributed by atoms with van der Waals surface area (Å²) in [5.41, 5.74) is 6.86. The molecule has 19 heavy (non-hydrogen) atoms. The number of hydrogen-bond donors (Lipinski definition) is 2. The van der Waals surface area contributed by atoms with Gasteiger partial charge in [-0.2, -0.15) is 0 Å². The van der Waals surface area contributed by atoms with Gasteiger partial charge >= 0.3 is 0 Å². The van der Waals surface area contributed by atoms with Gasteiger partial charge in [0.15, 0.2) is 0 Å². The van der Waals surface area contributed by atoms with E-state index in [-0.39, 0.29) is 23.9 Å². The Balaban J connectivity index is 1.95. The molecule has 1 aromatic carbocycles. The topological polar surface area (TPSA) is 73.6 Å². The summed E-state index contributed by atoms with van der Waals surface area (Å²) in [6.45, 7) is 2.80. The molecule has 1 saturated heterocycles. The first kappa shape index (κ1) is 13.8. The highest BCUT2D eigenvalue weighted by Gasteiger charge is 2.31. The maximum atomic E-state index is 12.1. The molecule has 0 spiro atoms. The molecule has 104 valence electrons. The number of ether oxygens (including phenoxy) is 2. The van der Waals surface area contributed by atoms with Crippen LogP contribution in [0.1, 0.15) is 18.5 Å². The average molecular weight is 264 g/mol. The van der Waals surface area contributed by atoms with E-state index < -0.39 is 0 Å². The number of amides is 1. The van der Waals surface area contributed by atoms with Gasteiger partial charge in [-0.25, -0.2) is 0 Å². The molecule has 1 aliphatic heterocycles. The minimum absolute atomic E-state index is 0.0479. The molecular formula is C14H20N2O3. The molecule has 1 aliphatic rings. The number of hydrogen-bond acceptors (Lipinski definition) is 4. The van der Waals surface area contributed by atoms with Gasteiger partial charge in [-0.1, -0.05) is 12.1 Å². The second kappa shape index (κ2) is 6.04. The lowest BCUT2D eigenvalue weighted by molar-refractivity contribution is -0.125. The Morgan fingerprint density at radius 2 is 2.11 bits per heavy atom. The highest BCUT2D eigenvalue weighted by atomic mass is 16.5. The molecule has 1 heterocycles. The SMILES string of the molecule is COc1ccc([C@H](C)NC(=O)C2COCC2N)cc1. The summed E-state index contributed by atoms with van der Waals surface area (Å²) < 4.78 is 10.3. The molecule has 0 saturated carbocycles. The summed E-state index contributed by atoms with van der Waals surface area (Å²) in [5, 5.41) is 2.97. The standard InChI is InChI=1S/C14H20N2O3/c1-9(10-3-5-11(18-2)6-4-10)16-14(17)12-7-19-8-13(12)15/h3-6,9,12-13H,7-8,15H2,1-2H3,(H,16,17)/t9-,12?,13?/m0/s1. The van der Waals surface area contributed by atoms with Crippen molar-refractivity contribution < 1.29 is 14.3 Å². The quantitative estimate of drug-likeness (QED) is 0.845. The summed E-state index contributed by atoms with van der Waals surface area (Å²) in [7, 11) is 1.63. The van der Waals surface area contributed by atoms with Crippen LogP contribution in [0.5, 0.6) is 5.75 Å². The van der Waals surface area contributed by atoms with Gasteiger partial charge < -0.3 is 20.5 Å². The Morgan fingerprint density at radius 3 is 2.63 bits per heavy atom. The first-order valence-corrected chi connectivity index (χ1v) is 6.39. The highest BCUT2D eigenvalue weighted by Crippen LogP contribution is 2.19. The Kier molecular flexibility index (Phi) is 4.39. The lowest BCUT2D eigenvalue weighted by Crippen LogP contribution is -2.41. The van der Waals surface area contributed by atoms with Crippen LogP contribution in [0.25, 0.3) is 0 Å². The van der Waals surface area contributed by atoms with Crippen molar-refractivity contribution in [3.63, 3.8) is 0 Å². The predicted octanol–water partition coefficient (Wildman–Crippen LogP) is 0.846. The van der Waals surface area contributed by atoms with E-state index in [1.165, 1.54) is 0 Å². The molecule has 2 rings (SSSR count). The van der Waals surface area contributed by atoms with Crippen molar-refractivity contribution in [2.75, 3.05) is 20.3 Å². The van der Waals surface area contributed by atoms with E-state index in [4.69, 9.17) is 15.2 Å². The number of nitrogens with one attached hydrogen (secondary N) is 1. The Morgan fingerprint density at radius 1 is 1.42 bits per heavy atom. The van der Waals surface area contributed by atoms with Crippen LogP contribution in [-0.2, 0) is 9.53 Å². The summed E-state index contributed by atoms with van der Waals surface area (Å²) in [5.74, 6) is 0.502. The largest absolute Gasteiger partial charge is 0.497 e. The number of methoxy groups -OCH3 is 1. The summed E-state index contributed by atoms with van der Waals surface area (Å²) in [4.78, 5) is 12.1. The van der Waals surface area contributed by atoms with Crippen LogP contribution in [-0.4, -0.2) is 32.3 Å². The minimum atomic E-state index is -0.249. The van der Waals surface area contributed by atoms with Crippen LogP contribution in [0.4, 0.5) is 0 Å². The molecule has 3 atom stereocenters. The highest BCUT2D eigenvalue weighted by molar-refractivity contribution is 5.80. The van der Waals surface area contributed by atoms with Crippen molar-refractivity contribution in [1.29, 1.82) is 0 Å². The summed E-state index contributed by atoms with van der Waals surface area (Å²) in [6.07, 6.45) is 0. The molecule has 0 bridgehead atoms. The fourth-order valence-electron chi connectivity index (χ4n) is 2.14. The van der Waals surface area contributed by atoms with Gasteiger partial charge in [-0.05, 0) is 24.6 Å². The first-order chi connectivity index (χ1) is 9.11. The van der Waals surface area contributed by atoms with Gasteiger partial charge in [-0.3, -0.25) is 4.79 Å². The van der Waals surface area contributed by atoms with Gasteiger partial charge in [-0.15, -0.1) is 0 Å². The molecule has 1 aromatic rings. The molecular weight excluding hydrogens is 244 g/mol. The first-order valence-electron chi connectivity index (χ1n) is 6.39. The van der Waals surface area contributed by atoms with Gasteiger partial charge in [0.05, 0.1) is 32.3 Å². The number of carbonyl (C=O) groups is 1. The number of nitrogens with two attached hydrogens (primary N) is 1. The Labute approximate surface area is 113 Å². The van der Waals surface area contributed by atoms with E-state index in [0.717, 1.165) is 11.3 Å². The van der Waals surface area contributed by atoms with Gasteiger partial charge in [0.25, 0.3) is 0 Å². The third-order valence-electron chi connectivity index (χ3n) is 3.44. The zero-order valence-corrected chi connectivity index (χ0v) is 11.3. The average Bonchev–Trinajstić information content (AvgIpc) is 2.85. The van der Waals surface area contributed by atoms with E-state index in [9.17, 15) is 4.79 Å². The molecule has 0 radical (unpaired) electrons. The van der Waals surface area contributed by atoms with Crippen LogP contribution < -0.4 is 15.8 Å². The smallest absolute Gasteiger partial charge is 0.227 e. The fourth-order valence-corrected chi connectivity index (χ4v) is 2.14. The molecule has 5 nitrogen and oxygen atoms in total. The number of rotatable bonds is 4. The van der Waals surface area contributed by atoms with Crippen LogP contribution in [0, 0.1) is 5.92 Å². The van der Waals surface area contributed by atoms with Crippen molar-refractivity contribution in [2.24, 2.45) is 11.7 Å². The normalized spacial score (nSPS) is 23.9. The molecule has 5 heteroatoms. The van der Waals surface area contributed by atoms with Crippen LogP contribution in [0.15, 0.2) is 24.3 Å². The maximum absolute atomic E-state index is 12.1. The molecule has 1 amide bonds. The van der Waals surface area contributed by atoms with Gasteiger partial charge in [0.1, 0.15) is 5.75 Å². The van der Waals surface area contributed by atoms with E-state index >= 15 is 0 Å². The maximum Gasteiger partial charge on any atom is 0.227 e. The third-order valence-corrected chi connectivity index (χ3v) is 3.44. The third kappa shape index (κ3) is 3.24. The van der Waals surface area contributed by atoms with Crippen molar-refractivity contribution in [3.8, 4) is 5.75 Å². The van der Waals surface area contributed by atoms with Gasteiger partial charge in [0.2, 0.25) is 5.91 Å². The molecule has 3 N–H and O–H groups in total. The predicted molar refractivity (Wildman–Crippen MR) is 71.8 cm³/mol. The molecule has 2 unspecified atom stereocenters. The monoisotopic (exact) mass is 264 g/mol. The van der Waals surface area contributed by atoms with E-state index in [1.54, 1.807) is 7.11 Å². The Bertz CT molecular complexity index is 433. The van der Waals surface area contributed by atoms with Crippen molar-refractivity contribution in [1.82, 2.24) is 5.32 Å². The van der Waals surface area contributed by atoms with E-state index in [0.29, 0.717) is 13.2 Å². The number of benzene rings is 1. The van der Waals surface area contributed by atoms with Crippen molar-refractivity contribution in [3.05, 3.63) is 29.8 Å². The molecule has 0 aromatic heterocycles. The van der Waals surface area contributed by atoms with Crippen LogP contribution in [0.2, 0.25) is 0 Å².